The van der Waals surface area contributed by atoms with Crippen molar-refractivity contribution >= 4 is 17.7 Å². The summed E-state index contributed by atoms with van der Waals surface area (Å²) in [5.41, 5.74) is 0.663. The van der Waals surface area contributed by atoms with Gasteiger partial charge in [-0.3, -0.25) is 4.79 Å². The van der Waals surface area contributed by atoms with Crippen LogP contribution in [0, 0.1) is 17.2 Å². The van der Waals surface area contributed by atoms with E-state index >= 15 is 0 Å². The van der Waals surface area contributed by atoms with Gasteiger partial charge in [-0.25, -0.2) is 0 Å². The Balaban J connectivity index is 2.07. The van der Waals surface area contributed by atoms with Gasteiger partial charge in [-0.1, -0.05) is 31.4 Å². The molecule has 1 N–H and O–H groups in total. The summed E-state index contributed by atoms with van der Waals surface area (Å²) in [4.78, 5) is 13.3. The number of nitrogens with one attached hydrogen (secondary N) is 1. The molecule has 0 heterocycles. The van der Waals surface area contributed by atoms with Gasteiger partial charge >= 0.3 is 0 Å². The maximum atomic E-state index is 12.4. The first kappa shape index (κ1) is 14.9. The highest BCUT2D eigenvalue weighted by Gasteiger charge is 2.25. The van der Waals surface area contributed by atoms with E-state index in [1.165, 1.54) is 19.3 Å². The van der Waals surface area contributed by atoms with Crippen LogP contribution in [-0.2, 0) is 0 Å². The van der Waals surface area contributed by atoms with Crippen molar-refractivity contribution in [2.45, 2.75) is 43.0 Å². The minimum absolute atomic E-state index is 0.132. The van der Waals surface area contributed by atoms with Crippen LogP contribution in [0.5, 0.6) is 0 Å². The van der Waals surface area contributed by atoms with E-state index in [0.29, 0.717) is 11.5 Å². The van der Waals surface area contributed by atoms with E-state index in [1.807, 2.05) is 30.5 Å². The van der Waals surface area contributed by atoms with E-state index in [9.17, 15) is 10.1 Å². The molecule has 2 rings (SSSR count). The third kappa shape index (κ3) is 3.55. The Labute approximate surface area is 124 Å². The highest BCUT2D eigenvalue weighted by atomic mass is 32.2. The molecule has 1 saturated carbocycles. The maximum Gasteiger partial charge on any atom is 0.253 e. The van der Waals surface area contributed by atoms with Gasteiger partial charge in [-0.15, -0.1) is 11.8 Å². The van der Waals surface area contributed by atoms with Crippen molar-refractivity contribution in [3.63, 3.8) is 0 Å². The zero-order valence-electron chi connectivity index (χ0n) is 11.8. The standard InChI is InChI=1S/C16H20N2OS/c1-20-15-10-6-5-9-13(15)16(19)18-14(11-17)12-7-3-2-4-8-12/h5-6,9-10,12,14H,2-4,7-8H2,1H3,(H,18,19). The van der Waals surface area contributed by atoms with Crippen molar-refractivity contribution in [2.24, 2.45) is 5.92 Å². The van der Waals surface area contributed by atoms with Gasteiger partial charge in [-0.05, 0) is 37.1 Å². The summed E-state index contributed by atoms with van der Waals surface area (Å²) in [5, 5.41) is 12.2. The number of carbonyl (C=O) groups is 1. The van der Waals surface area contributed by atoms with Gasteiger partial charge in [0.1, 0.15) is 6.04 Å². The van der Waals surface area contributed by atoms with Gasteiger partial charge in [0, 0.05) is 4.90 Å². The molecule has 0 bridgehead atoms. The number of nitrogens with zero attached hydrogens (tertiary/aromatic N) is 1. The number of nitriles is 1. The summed E-state index contributed by atoms with van der Waals surface area (Å²) < 4.78 is 0. The topological polar surface area (TPSA) is 52.9 Å². The Bertz CT molecular complexity index is 503. The van der Waals surface area contributed by atoms with E-state index in [-0.39, 0.29) is 11.9 Å². The molecule has 0 aliphatic heterocycles. The van der Waals surface area contributed by atoms with Crippen LogP contribution in [0.2, 0.25) is 0 Å². The molecule has 0 spiro atoms. The lowest BCUT2D eigenvalue weighted by molar-refractivity contribution is 0.0926. The number of benzene rings is 1. The zero-order valence-corrected chi connectivity index (χ0v) is 12.6. The number of hydrogen-bond donors (Lipinski definition) is 1. The molecule has 3 nitrogen and oxygen atoms in total. The Morgan fingerprint density at radius 2 is 2.05 bits per heavy atom. The first-order valence-electron chi connectivity index (χ1n) is 7.09. The molecule has 1 unspecified atom stereocenters. The first-order valence-corrected chi connectivity index (χ1v) is 8.32. The van der Waals surface area contributed by atoms with Gasteiger partial charge in [-0.2, -0.15) is 5.26 Å². The highest BCUT2D eigenvalue weighted by molar-refractivity contribution is 7.98. The predicted octanol–water partition coefficient (Wildman–Crippen LogP) is 3.61. The van der Waals surface area contributed by atoms with Gasteiger partial charge in [0.25, 0.3) is 5.91 Å². The van der Waals surface area contributed by atoms with Gasteiger partial charge in [0.15, 0.2) is 0 Å². The lowest BCUT2D eigenvalue weighted by Gasteiger charge is -2.26. The molecular weight excluding hydrogens is 268 g/mol. The summed E-state index contributed by atoms with van der Waals surface area (Å²) >= 11 is 1.55. The third-order valence-corrected chi connectivity index (χ3v) is 4.69. The molecule has 1 aromatic rings. The molecule has 1 aliphatic rings. The Morgan fingerprint density at radius 3 is 2.70 bits per heavy atom. The zero-order chi connectivity index (χ0) is 14.4. The van der Waals surface area contributed by atoms with Crippen LogP contribution >= 0.6 is 11.8 Å². The van der Waals surface area contributed by atoms with Gasteiger partial charge in [0.05, 0.1) is 11.6 Å². The molecule has 20 heavy (non-hydrogen) atoms. The summed E-state index contributed by atoms with van der Waals surface area (Å²) in [6.07, 6.45) is 7.62. The predicted molar refractivity (Wildman–Crippen MR) is 81.7 cm³/mol. The number of amides is 1. The second-order valence-electron chi connectivity index (χ2n) is 5.18. The van der Waals surface area contributed by atoms with Crippen LogP contribution in [0.1, 0.15) is 42.5 Å². The number of rotatable bonds is 4. The highest BCUT2D eigenvalue weighted by Crippen LogP contribution is 2.27. The fourth-order valence-corrected chi connectivity index (χ4v) is 3.37. The number of carbonyl (C=O) groups excluding carboxylic acids is 1. The van der Waals surface area contributed by atoms with Crippen molar-refractivity contribution in [1.82, 2.24) is 5.32 Å². The fourth-order valence-electron chi connectivity index (χ4n) is 2.77. The van der Waals surface area contributed by atoms with Gasteiger partial charge in [0.2, 0.25) is 0 Å². The molecule has 106 valence electrons. The van der Waals surface area contributed by atoms with Crippen molar-refractivity contribution < 1.29 is 4.79 Å². The summed E-state index contributed by atoms with van der Waals surface area (Å²) in [6, 6.07) is 9.44. The smallest absolute Gasteiger partial charge is 0.253 e. The quantitative estimate of drug-likeness (QED) is 0.861. The molecule has 1 aromatic carbocycles. The second kappa shape index (κ2) is 7.35. The van der Waals surface area contributed by atoms with Crippen LogP contribution in [0.4, 0.5) is 0 Å². The van der Waals surface area contributed by atoms with Gasteiger partial charge < -0.3 is 5.32 Å². The van der Waals surface area contributed by atoms with Crippen molar-refractivity contribution in [3.8, 4) is 6.07 Å². The maximum absolute atomic E-state index is 12.4. The van der Waals surface area contributed by atoms with E-state index in [1.54, 1.807) is 11.8 Å². The average molecular weight is 288 g/mol. The van der Waals surface area contributed by atoms with Crippen LogP contribution in [0.15, 0.2) is 29.2 Å². The minimum atomic E-state index is -0.363. The van der Waals surface area contributed by atoms with Crippen molar-refractivity contribution in [3.05, 3.63) is 29.8 Å². The SMILES string of the molecule is CSc1ccccc1C(=O)NC(C#N)C1CCCCC1. The Hall–Kier alpha value is -1.47. The monoisotopic (exact) mass is 288 g/mol. The molecule has 1 atom stereocenters. The average Bonchev–Trinajstić information content (AvgIpc) is 2.53. The van der Waals surface area contributed by atoms with Crippen LogP contribution in [-0.4, -0.2) is 18.2 Å². The second-order valence-corrected chi connectivity index (χ2v) is 6.03. The van der Waals surface area contributed by atoms with Crippen LogP contribution < -0.4 is 5.32 Å². The van der Waals surface area contributed by atoms with Crippen LogP contribution in [0.3, 0.4) is 0 Å². The Morgan fingerprint density at radius 1 is 1.35 bits per heavy atom. The fraction of sp³-hybridized carbons (Fsp3) is 0.500. The van der Waals surface area contributed by atoms with Crippen molar-refractivity contribution in [1.29, 1.82) is 5.26 Å². The Kier molecular flexibility index (Phi) is 5.49. The van der Waals surface area contributed by atoms with Crippen LogP contribution in [0.25, 0.3) is 0 Å². The van der Waals surface area contributed by atoms with E-state index in [0.717, 1.165) is 17.7 Å². The summed E-state index contributed by atoms with van der Waals surface area (Å²) in [5.74, 6) is 0.172. The molecule has 1 aliphatic carbocycles. The molecule has 0 radical (unpaired) electrons. The third-order valence-electron chi connectivity index (χ3n) is 3.90. The number of thioether (sulfide) groups is 1. The minimum Gasteiger partial charge on any atom is -0.336 e. The largest absolute Gasteiger partial charge is 0.336 e. The molecule has 0 saturated heterocycles. The molecule has 1 fully saturated rings. The first-order chi connectivity index (χ1) is 9.76. The summed E-state index contributed by atoms with van der Waals surface area (Å²) in [7, 11) is 0. The molecule has 4 heteroatoms. The lowest BCUT2D eigenvalue weighted by Crippen LogP contribution is -2.40. The molecular formula is C16H20N2OS. The van der Waals surface area contributed by atoms with E-state index in [2.05, 4.69) is 11.4 Å². The molecule has 0 aromatic heterocycles. The van der Waals surface area contributed by atoms with Crippen molar-refractivity contribution in [2.75, 3.05) is 6.26 Å². The lowest BCUT2D eigenvalue weighted by atomic mass is 9.84. The number of hydrogen-bond acceptors (Lipinski definition) is 3. The summed E-state index contributed by atoms with van der Waals surface area (Å²) in [6.45, 7) is 0. The van der Waals surface area contributed by atoms with E-state index < -0.39 is 0 Å². The normalized spacial score (nSPS) is 17.2. The van der Waals surface area contributed by atoms with E-state index in [4.69, 9.17) is 0 Å². The molecule has 1 amide bonds.